The first-order valence-electron chi connectivity index (χ1n) is 9.87. The second-order valence-electron chi connectivity index (χ2n) is 7.81. The van der Waals surface area contributed by atoms with E-state index in [4.69, 9.17) is 9.47 Å². The molecule has 8 nitrogen and oxygen atoms in total. The molecule has 1 unspecified atom stereocenters. The molecule has 1 aromatic carbocycles. The number of hydrogen-bond acceptors (Lipinski definition) is 6. The van der Waals surface area contributed by atoms with Gasteiger partial charge in [0, 0.05) is 39.0 Å². The van der Waals surface area contributed by atoms with Crippen molar-refractivity contribution in [1.29, 1.82) is 0 Å². The highest BCUT2D eigenvalue weighted by Crippen LogP contribution is 2.41. The fraction of sp³-hybridized carbons (Fsp3) is 0.571. The number of carbonyl (C=O) groups is 3. The van der Waals surface area contributed by atoms with Crippen LogP contribution in [0.1, 0.15) is 18.4 Å². The Kier molecular flexibility index (Phi) is 6.54. The fourth-order valence-electron chi connectivity index (χ4n) is 3.90. The maximum atomic E-state index is 13.5. The molecule has 29 heavy (non-hydrogen) atoms. The second kappa shape index (κ2) is 8.92. The molecule has 2 saturated heterocycles. The molecule has 3 rings (SSSR count). The van der Waals surface area contributed by atoms with Crippen LogP contribution in [0.25, 0.3) is 0 Å². The van der Waals surface area contributed by atoms with E-state index in [0.29, 0.717) is 50.7 Å². The quantitative estimate of drug-likeness (QED) is 0.617. The molecule has 0 N–H and O–H groups in total. The summed E-state index contributed by atoms with van der Waals surface area (Å²) in [6.07, 6.45) is -0.0499. The van der Waals surface area contributed by atoms with Crippen molar-refractivity contribution in [1.82, 2.24) is 14.7 Å². The van der Waals surface area contributed by atoms with Crippen molar-refractivity contribution in [3.63, 3.8) is 0 Å². The Balaban J connectivity index is 1.94. The smallest absolute Gasteiger partial charge is 0.240 e. The first kappa shape index (κ1) is 21.3. The molecule has 1 aromatic rings. The van der Waals surface area contributed by atoms with E-state index >= 15 is 0 Å². The Hall–Kier alpha value is -2.45. The average Bonchev–Trinajstić information content (AvgIpc) is 2.97. The van der Waals surface area contributed by atoms with E-state index in [1.165, 1.54) is 4.90 Å². The number of likely N-dealkylation sites (N-methyl/N-ethyl adjacent to an activating group) is 1. The molecular weight excluding hydrogens is 374 g/mol. The van der Waals surface area contributed by atoms with Crippen LogP contribution < -0.4 is 4.74 Å². The molecule has 2 fully saturated rings. The van der Waals surface area contributed by atoms with Gasteiger partial charge in [-0.1, -0.05) is 12.1 Å². The van der Waals surface area contributed by atoms with Gasteiger partial charge < -0.3 is 19.3 Å². The van der Waals surface area contributed by atoms with Gasteiger partial charge in [0.1, 0.15) is 5.75 Å². The molecule has 8 heteroatoms. The van der Waals surface area contributed by atoms with E-state index < -0.39 is 5.41 Å². The highest BCUT2D eigenvalue weighted by atomic mass is 16.5. The Morgan fingerprint density at radius 2 is 1.97 bits per heavy atom. The van der Waals surface area contributed by atoms with Crippen LogP contribution in [0.5, 0.6) is 5.75 Å². The van der Waals surface area contributed by atoms with Gasteiger partial charge in [-0.25, -0.2) is 0 Å². The molecule has 0 spiro atoms. The third-order valence-corrected chi connectivity index (χ3v) is 5.62. The summed E-state index contributed by atoms with van der Waals surface area (Å²) in [4.78, 5) is 44.3. The van der Waals surface area contributed by atoms with Crippen molar-refractivity contribution < 1.29 is 23.9 Å². The van der Waals surface area contributed by atoms with E-state index in [1.54, 1.807) is 36.3 Å². The number of benzene rings is 1. The van der Waals surface area contributed by atoms with Crippen molar-refractivity contribution >= 4 is 17.7 Å². The lowest BCUT2D eigenvalue weighted by molar-refractivity contribution is -0.144. The van der Waals surface area contributed by atoms with Crippen LogP contribution >= 0.6 is 0 Å². The zero-order chi connectivity index (χ0) is 21.0. The van der Waals surface area contributed by atoms with Gasteiger partial charge in [-0.3, -0.25) is 19.3 Å². The SMILES string of the molecule is COc1cccc(C2(CC(=O)N3CCOCC3)CC(=O)N(CCN(C)C)C2=O)c1. The average molecular weight is 403 g/mol. The highest BCUT2D eigenvalue weighted by molar-refractivity contribution is 6.10. The largest absolute Gasteiger partial charge is 0.497 e. The number of imide groups is 1. The van der Waals surface area contributed by atoms with Crippen LogP contribution in [0.4, 0.5) is 0 Å². The first-order chi connectivity index (χ1) is 13.9. The standard InChI is InChI=1S/C21H29N3O5/c1-22(2)7-8-24-19(26)15-21(20(24)27,16-5-4-6-17(13-16)28-3)14-18(25)23-9-11-29-12-10-23/h4-6,13H,7-12,14-15H2,1-3H3. The summed E-state index contributed by atoms with van der Waals surface area (Å²) >= 11 is 0. The zero-order valence-electron chi connectivity index (χ0n) is 17.3. The number of methoxy groups -OCH3 is 1. The van der Waals surface area contributed by atoms with Crippen LogP contribution in [-0.2, 0) is 24.5 Å². The summed E-state index contributed by atoms with van der Waals surface area (Å²) in [5, 5.41) is 0. The molecule has 0 saturated carbocycles. The van der Waals surface area contributed by atoms with Gasteiger partial charge >= 0.3 is 0 Å². The summed E-state index contributed by atoms with van der Waals surface area (Å²) in [6.45, 7) is 2.85. The molecular formula is C21H29N3O5. The molecule has 1 atom stereocenters. The Morgan fingerprint density at radius 1 is 1.24 bits per heavy atom. The summed E-state index contributed by atoms with van der Waals surface area (Å²) in [7, 11) is 5.33. The third-order valence-electron chi connectivity index (χ3n) is 5.62. The van der Waals surface area contributed by atoms with Crippen molar-refractivity contribution in [3.05, 3.63) is 29.8 Å². The molecule has 2 heterocycles. The lowest BCUT2D eigenvalue weighted by atomic mass is 9.75. The van der Waals surface area contributed by atoms with Crippen molar-refractivity contribution in [2.45, 2.75) is 18.3 Å². The molecule has 0 aliphatic carbocycles. The topological polar surface area (TPSA) is 79.4 Å². The maximum absolute atomic E-state index is 13.5. The van der Waals surface area contributed by atoms with Crippen molar-refractivity contribution in [2.75, 3.05) is 60.6 Å². The summed E-state index contributed by atoms with van der Waals surface area (Å²) in [5.74, 6) is -0.0897. The van der Waals surface area contributed by atoms with E-state index in [9.17, 15) is 14.4 Å². The van der Waals surface area contributed by atoms with Gasteiger partial charge in [-0.15, -0.1) is 0 Å². The normalized spacial score (nSPS) is 22.5. The highest BCUT2D eigenvalue weighted by Gasteiger charge is 2.54. The summed E-state index contributed by atoms with van der Waals surface area (Å²) < 4.78 is 10.6. The van der Waals surface area contributed by atoms with Crippen LogP contribution in [0.2, 0.25) is 0 Å². The number of amides is 3. The number of carbonyl (C=O) groups excluding carboxylic acids is 3. The minimum absolute atomic E-state index is 0.0114. The zero-order valence-corrected chi connectivity index (χ0v) is 17.3. The van der Waals surface area contributed by atoms with Gasteiger partial charge in [0.05, 0.1) is 25.7 Å². The van der Waals surface area contributed by atoms with Crippen LogP contribution in [-0.4, -0.2) is 93.0 Å². The Bertz CT molecular complexity index is 775. The lowest BCUT2D eigenvalue weighted by Gasteiger charge is -2.32. The fourth-order valence-corrected chi connectivity index (χ4v) is 3.90. The van der Waals surface area contributed by atoms with Gasteiger partial charge in [-0.2, -0.15) is 0 Å². The number of morpholine rings is 1. The lowest BCUT2D eigenvalue weighted by Crippen LogP contribution is -2.47. The maximum Gasteiger partial charge on any atom is 0.240 e. The van der Waals surface area contributed by atoms with Gasteiger partial charge in [0.25, 0.3) is 0 Å². The van der Waals surface area contributed by atoms with Crippen LogP contribution in [0.3, 0.4) is 0 Å². The van der Waals surface area contributed by atoms with Crippen LogP contribution in [0, 0.1) is 0 Å². The predicted octanol–water partition coefficient (Wildman–Crippen LogP) is 0.502. The predicted molar refractivity (Wildman–Crippen MR) is 107 cm³/mol. The number of ether oxygens (including phenoxy) is 2. The van der Waals surface area contributed by atoms with Gasteiger partial charge in [0.2, 0.25) is 17.7 Å². The monoisotopic (exact) mass is 403 g/mol. The molecule has 158 valence electrons. The number of likely N-dealkylation sites (tertiary alicyclic amines) is 1. The van der Waals surface area contributed by atoms with E-state index in [2.05, 4.69) is 0 Å². The van der Waals surface area contributed by atoms with E-state index in [1.807, 2.05) is 19.0 Å². The molecule has 2 aliphatic rings. The van der Waals surface area contributed by atoms with E-state index in [0.717, 1.165) is 0 Å². The molecule has 0 bridgehead atoms. The van der Waals surface area contributed by atoms with Crippen molar-refractivity contribution in [3.8, 4) is 5.75 Å². The Labute approximate surface area is 171 Å². The first-order valence-corrected chi connectivity index (χ1v) is 9.87. The van der Waals surface area contributed by atoms with Gasteiger partial charge in [-0.05, 0) is 31.8 Å². The minimum Gasteiger partial charge on any atom is -0.497 e. The molecule has 2 aliphatic heterocycles. The third kappa shape index (κ3) is 4.43. The van der Waals surface area contributed by atoms with Crippen LogP contribution in [0.15, 0.2) is 24.3 Å². The molecule has 0 aromatic heterocycles. The minimum atomic E-state index is -1.20. The summed E-state index contributed by atoms with van der Waals surface area (Å²) in [5.41, 5.74) is -0.558. The number of nitrogens with zero attached hydrogens (tertiary/aromatic N) is 3. The molecule has 0 radical (unpaired) electrons. The van der Waals surface area contributed by atoms with Gasteiger partial charge in [0.15, 0.2) is 0 Å². The van der Waals surface area contributed by atoms with Crippen molar-refractivity contribution in [2.24, 2.45) is 0 Å². The second-order valence-corrected chi connectivity index (χ2v) is 7.81. The summed E-state index contributed by atoms with van der Waals surface area (Å²) in [6, 6.07) is 7.13. The van der Waals surface area contributed by atoms with E-state index in [-0.39, 0.29) is 30.6 Å². The number of rotatable bonds is 7. The Morgan fingerprint density at radius 3 is 2.62 bits per heavy atom. The number of hydrogen-bond donors (Lipinski definition) is 0. The molecule has 3 amide bonds.